The van der Waals surface area contributed by atoms with Gasteiger partial charge in [0.1, 0.15) is 5.38 Å². The van der Waals surface area contributed by atoms with Crippen LogP contribution in [0.1, 0.15) is 23.4 Å². The van der Waals surface area contributed by atoms with Crippen LogP contribution in [-0.2, 0) is 10.1 Å². The van der Waals surface area contributed by atoms with E-state index in [-0.39, 0.29) is 5.78 Å². The zero-order chi connectivity index (χ0) is 10.7. The molecule has 0 saturated carbocycles. The fourth-order valence-corrected chi connectivity index (χ4v) is 2.60. The molecule has 0 aromatic heterocycles. The average Bonchev–Trinajstić information content (AvgIpc) is 2.16. The Hall–Kier alpha value is 0.140. The van der Waals surface area contributed by atoms with Crippen LogP contribution in [0.15, 0.2) is 22.7 Å². The standard InChI is InChI=1S/C10H9Br2ClO/c1-6(14)10(13)7-2-3-8(5-11)9(12)4-7/h2-4,10H,5H2,1H3. The van der Waals surface area contributed by atoms with E-state index in [1.165, 1.54) is 6.92 Å². The lowest BCUT2D eigenvalue weighted by atomic mass is 10.1. The number of halogens is 3. The molecule has 1 nitrogen and oxygen atoms in total. The molecule has 1 unspecified atom stereocenters. The maximum Gasteiger partial charge on any atom is 0.152 e. The second kappa shape index (κ2) is 5.29. The second-order valence-electron chi connectivity index (χ2n) is 2.96. The van der Waals surface area contributed by atoms with Crippen molar-refractivity contribution in [3.05, 3.63) is 33.8 Å². The maximum atomic E-state index is 11.1. The molecular weight excluding hydrogens is 331 g/mol. The summed E-state index contributed by atoms with van der Waals surface area (Å²) in [5, 5.41) is 0.233. The lowest BCUT2D eigenvalue weighted by Gasteiger charge is -2.08. The molecule has 76 valence electrons. The molecule has 0 radical (unpaired) electrons. The summed E-state index contributed by atoms with van der Waals surface area (Å²) in [4.78, 5) is 11.1. The molecule has 1 rings (SSSR count). The van der Waals surface area contributed by atoms with Gasteiger partial charge in [0.25, 0.3) is 0 Å². The molecule has 0 heterocycles. The molecule has 0 aliphatic carbocycles. The number of carbonyl (C=O) groups excluding carboxylic acids is 1. The van der Waals surface area contributed by atoms with E-state index in [0.29, 0.717) is 0 Å². The largest absolute Gasteiger partial charge is 0.298 e. The third-order valence-corrected chi connectivity index (χ3v) is 3.77. The third-order valence-electron chi connectivity index (χ3n) is 1.87. The van der Waals surface area contributed by atoms with Crippen LogP contribution in [-0.4, -0.2) is 5.78 Å². The molecule has 0 fully saturated rings. The molecule has 0 saturated heterocycles. The van der Waals surface area contributed by atoms with Gasteiger partial charge in [-0.25, -0.2) is 0 Å². The van der Waals surface area contributed by atoms with Gasteiger partial charge in [-0.2, -0.15) is 0 Å². The number of alkyl halides is 2. The second-order valence-corrected chi connectivity index (χ2v) is 4.81. The van der Waals surface area contributed by atoms with E-state index >= 15 is 0 Å². The Bertz CT molecular complexity index is 352. The molecule has 0 N–H and O–H groups in total. The smallest absolute Gasteiger partial charge is 0.152 e. The first-order valence-corrected chi connectivity index (χ1v) is 6.40. The average molecular weight is 340 g/mol. The van der Waals surface area contributed by atoms with Crippen LogP contribution in [0.4, 0.5) is 0 Å². The van der Waals surface area contributed by atoms with Gasteiger partial charge in [-0.1, -0.05) is 44.0 Å². The van der Waals surface area contributed by atoms with Crippen molar-refractivity contribution in [2.24, 2.45) is 0 Å². The van der Waals surface area contributed by atoms with E-state index in [2.05, 4.69) is 31.9 Å². The fraction of sp³-hybridized carbons (Fsp3) is 0.300. The Morgan fingerprint density at radius 2 is 2.21 bits per heavy atom. The summed E-state index contributed by atoms with van der Waals surface area (Å²) in [5.41, 5.74) is 1.97. The monoisotopic (exact) mass is 338 g/mol. The Labute approximate surface area is 105 Å². The first kappa shape index (κ1) is 12.2. The molecule has 0 bridgehead atoms. The molecule has 14 heavy (non-hydrogen) atoms. The van der Waals surface area contributed by atoms with Gasteiger partial charge in [-0.3, -0.25) is 4.79 Å². The normalized spacial score (nSPS) is 12.6. The van der Waals surface area contributed by atoms with Crippen LogP contribution < -0.4 is 0 Å². The van der Waals surface area contributed by atoms with E-state index in [4.69, 9.17) is 11.6 Å². The molecule has 1 aromatic carbocycles. The fourth-order valence-electron chi connectivity index (χ4n) is 1.06. The number of hydrogen-bond donors (Lipinski definition) is 0. The summed E-state index contributed by atoms with van der Waals surface area (Å²) in [6, 6.07) is 5.71. The van der Waals surface area contributed by atoms with Crippen molar-refractivity contribution in [3.8, 4) is 0 Å². The van der Waals surface area contributed by atoms with E-state index in [0.717, 1.165) is 20.9 Å². The number of hydrogen-bond acceptors (Lipinski definition) is 1. The molecular formula is C10H9Br2ClO. The van der Waals surface area contributed by atoms with Gasteiger partial charge in [0, 0.05) is 9.80 Å². The highest BCUT2D eigenvalue weighted by Gasteiger charge is 2.13. The maximum absolute atomic E-state index is 11.1. The summed E-state index contributed by atoms with van der Waals surface area (Å²) >= 11 is 12.7. The number of benzene rings is 1. The van der Waals surface area contributed by atoms with Gasteiger partial charge in [0.2, 0.25) is 0 Å². The van der Waals surface area contributed by atoms with E-state index in [1.807, 2.05) is 18.2 Å². The zero-order valence-corrected chi connectivity index (χ0v) is 11.5. The van der Waals surface area contributed by atoms with E-state index in [1.54, 1.807) is 0 Å². The van der Waals surface area contributed by atoms with Crippen molar-refractivity contribution in [2.45, 2.75) is 17.6 Å². The summed E-state index contributed by atoms with van der Waals surface area (Å²) in [7, 11) is 0. The predicted molar refractivity (Wildman–Crippen MR) is 66.0 cm³/mol. The minimum absolute atomic E-state index is 0.0369. The molecule has 1 aromatic rings. The van der Waals surface area contributed by atoms with Gasteiger partial charge >= 0.3 is 0 Å². The lowest BCUT2D eigenvalue weighted by Crippen LogP contribution is -2.01. The summed E-state index contributed by atoms with van der Waals surface area (Å²) < 4.78 is 0.971. The van der Waals surface area contributed by atoms with Crippen molar-refractivity contribution in [1.29, 1.82) is 0 Å². The molecule has 0 spiro atoms. The molecule has 0 amide bonds. The summed E-state index contributed by atoms with van der Waals surface area (Å²) in [5.74, 6) is -0.0369. The highest BCUT2D eigenvalue weighted by atomic mass is 79.9. The Morgan fingerprint density at radius 1 is 1.57 bits per heavy atom. The number of ketones is 1. The predicted octanol–water partition coefficient (Wildman–Crippen LogP) is 4.21. The first-order chi connectivity index (χ1) is 6.56. The van der Waals surface area contributed by atoms with Crippen LogP contribution in [0, 0.1) is 0 Å². The molecule has 1 atom stereocenters. The van der Waals surface area contributed by atoms with E-state index in [9.17, 15) is 4.79 Å². The summed E-state index contributed by atoms with van der Waals surface area (Å²) in [6.45, 7) is 1.49. The zero-order valence-electron chi connectivity index (χ0n) is 7.56. The minimum Gasteiger partial charge on any atom is -0.298 e. The van der Waals surface area contributed by atoms with Gasteiger partial charge < -0.3 is 0 Å². The topological polar surface area (TPSA) is 17.1 Å². The third kappa shape index (κ3) is 2.81. The first-order valence-electron chi connectivity index (χ1n) is 4.05. The highest BCUT2D eigenvalue weighted by Crippen LogP contribution is 2.27. The number of carbonyl (C=O) groups is 1. The van der Waals surface area contributed by atoms with Crippen LogP contribution in [0.5, 0.6) is 0 Å². The van der Waals surface area contributed by atoms with Crippen LogP contribution in [0.25, 0.3) is 0 Å². The molecule has 4 heteroatoms. The number of rotatable bonds is 3. The number of Topliss-reactive ketones (excluding diaryl/α,β-unsaturated/α-hetero) is 1. The lowest BCUT2D eigenvalue weighted by molar-refractivity contribution is -0.116. The van der Waals surface area contributed by atoms with Gasteiger partial charge in [-0.05, 0) is 24.1 Å². The highest BCUT2D eigenvalue weighted by molar-refractivity contribution is 9.10. The van der Waals surface area contributed by atoms with E-state index < -0.39 is 5.38 Å². The Kier molecular flexibility index (Phi) is 4.61. The van der Waals surface area contributed by atoms with Crippen molar-refractivity contribution >= 4 is 49.2 Å². The minimum atomic E-state index is -0.546. The Morgan fingerprint density at radius 3 is 2.64 bits per heavy atom. The van der Waals surface area contributed by atoms with Crippen molar-refractivity contribution < 1.29 is 4.79 Å². The van der Waals surface area contributed by atoms with Gasteiger partial charge in [0.05, 0.1) is 0 Å². The van der Waals surface area contributed by atoms with Crippen molar-refractivity contribution in [2.75, 3.05) is 0 Å². The summed E-state index contributed by atoms with van der Waals surface area (Å²) in [6.07, 6.45) is 0. The van der Waals surface area contributed by atoms with Crippen LogP contribution in [0.3, 0.4) is 0 Å². The molecule has 0 aliphatic heterocycles. The van der Waals surface area contributed by atoms with Crippen LogP contribution >= 0.6 is 43.5 Å². The van der Waals surface area contributed by atoms with Gasteiger partial charge in [0.15, 0.2) is 5.78 Å². The van der Waals surface area contributed by atoms with Crippen molar-refractivity contribution in [1.82, 2.24) is 0 Å². The Balaban J connectivity index is 3.02. The quantitative estimate of drug-likeness (QED) is 0.753. The molecule has 0 aliphatic rings. The van der Waals surface area contributed by atoms with Crippen LogP contribution in [0.2, 0.25) is 0 Å². The SMILES string of the molecule is CC(=O)C(Cl)c1ccc(CBr)c(Br)c1. The van der Waals surface area contributed by atoms with Gasteiger partial charge in [-0.15, -0.1) is 11.6 Å². The van der Waals surface area contributed by atoms with Crippen molar-refractivity contribution in [3.63, 3.8) is 0 Å².